The predicted molar refractivity (Wildman–Crippen MR) is 68.9 cm³/mol. The van der Waals surface area contributed by atoms with Crippen molar-refractivity contribution in [1.82, 2.24) is 10.6 Å². The Morgan fingerprint density at radius 1 is 1.35 bits per heavy atom. The molecule has 4 nitrogen and oxygen atoms in total. The number of rotatable bonds is 7. The van der Waals surface area contributed by atoms with Crippen molar-refractivity contribution in [1.29, 1.82) is 0 Å². The average molecular weight is 242 g/mol. The van der Waals surface area contributed by atoms with Gasteiger partial charge in [-0.25, -0.2) is 0 Å². The molecule has 1 saturated heterocycles. The molecule has 0 unspecified atom stereocenters. The van der Waals surface area contributed by atoms with Crippen molar-refractivity contribution < 1.29 is 9.53 Å². The fraction of sp³-hybridized carbons (Fsp3) is 0.923. The summed E-state index contributed by atoms with van der Waals surface area (Å²) >= 11 is 0. The third-order valence-electron chi connectivity index (χ3n) is 3.01. The Hall–Kier alpha value is -0.610. The van der Waals surface area contributed by atoms with Gasteiger partial charge in [0.2, 0.25) is 5.91 Å². The molecule has 0 aromatic rings. The molecule has 0 spiro atoms. The lowest BCUT2D eigenvalue weighted by atomic mass is 10.1. The molecule has 0 aromatic heterocycles. The van der Waals surface area contributed by atoms with Crippen molar-refractivity contribution >= 4 is 5.91 Å². The van der Waals surface area contributed by atoms with Crippen LogP contribution in [0.25, 0.3) is 0 Å². The number of hydrogen-bond donors (Lipinski definition) is 2. The molecule has 1 heterocycles. The average Bonchev–Trinajstić information content (AvgIpc) is 2.29. The first-order chi connectivity index (χ1) is 8.18. The van der Waals surface area contributed by atoms with Gasteiger partial charge in [-0.1, -0.05) is 13.8 Å². The van der Waals surface area contributed by atoms with Crippen LogP contribution in [0.4, 0.5) is 0 Å². The molecule has 1 aliphatic heterocycles. The first-order valence-electron chi connectivity index (χ1n) is 6.76. The van der Waals surface area contributed by atoms with Crippen LogP contribution in [0.2, 0.25) is 0 Å². The maximum atomic E-state index is 11.6. The van der Waals surface area contributed by atoms with Crippen molar-refractivity contribution in [2.24, 2.45) is 5.92 Å². The van der Waals surface area contributed by atoms with Crippen molar-refractivity contribution in [3.05, 3.63) is 0 Å². The van der Waals surface area contributed by atoms with Crippen LogP contribution in [0.5, 0.6) is 0 Å². The van der Waals surface area contributed by atoms with Gasteiger partial charge in [0.25, 0.3) is 0 Å². The van der Waals surface area contributed by atoms with Gasteiger partial charge in [-0.2, -0.15) is 0 Å². The highest BCUT2D eigenvalue weighted by atomic mass is 16.5. The zero-order valence-electron chi connectivity index (χ0n) is 11.1. The Labute approximate surface area is 104 Å². The van der Waals surface area contributed by atoms with Gasteiger partial charge in [0.05, 0.1) is 6.54 Å². The van der Waals surface area contributed by atoms with E-state index in [-0.39, 0.29) is 5.91 Å². The fourth-order valence-corrected chi connectivity index (χ4v) is 1.96. The van der Waals surface area contributed by atoms with E-state index in [4.69, 9.17) is 4.74 Å². The molecule has 17 heavy (non-hydrogen) atoms. The smallest absolute Gasteiger partial charge is 0.234 e. The summed E-state index contributed by atoms with van der Waals surface area (Å²) in [4.78, 5) is 11.6. The SMILES string of the molecule is CC(C)CCCNCC(=O)NC1CCOCC1. The number of carbonyl (C=O) groups is 1. The van der Waals surface area contributed by atoms with Crippen LogP contribution in [0.15, 0.2) is 0 Å². The van der Waals surface area contributed by atoms with Gasteiger partial charge in [-0.05, 0) is 38.1 Å². The lowest BCUT2D eigenvalue weighted by Crippen LogP contribution is -2.43. The molecule has 1 rings (SSSR count). The highest BCUT2D eigenvalue weighted by Gasteiger charge is 2.15. The van der Waals surface area contributed by atoms with Crippen molar-refractivity contribution in [2.75, 3.05) is 26.3 Å². The minimum atomic E-state index is 0.112. The molecule has 0 aromatic carbocycles. The van der Waals surface area contributed by atoms with Gasteiger partial charge in [0.15, 0.2) is 0 Å². The number of carbonyl (C=O) groups excluding carboxylic acids is 1. The second kappa shape index (κ2) is 8.48. The Morgan fingerprint density at radius 2 is 2.06 bits per heavy atom. The standard InChI is InChI=1S/C13H26N2O2/c1-11(2)4-3-7-14-10-13(16)15-12-5-8-17-9-6-12/h11-12,14H,3-10H2,1-2H3,(H,15,16). The quantitative estimate of drug-likeness (QED) is 0.662. The zero-order chi connectivity index (χ0) is 12.5. The van der Waals surface area contributed by atoms with Crippen LogP contribution in [-0.2, 0) is 9.53 Å². The Bertz CT molecular complexity index is 213. The van der Waals surface area contributed by atoms with Crippen molar-refractivity contribution in [2.45, 2.75) is 45.6 Å². The number of hydrogen-bond acceptors (Lipinski definition) is 3. The zero-order valence-corrected chi connectivity index (χ0v) is 11.1. The maximum absolute atomic E-state index is 11.6. The summed E-state index contributed by atoms with van der Waals surface area (Å²) in [5.41, 5.74) is 0. The Morgan fingerprint density at radius 3 is 2.71 bits per heavy atom. The monoisotopic (exact) mass is 242 g/mol. The molecule has 0 atom stereocenters. The third kappa shape index (κ3) is 7.34. The number of ether oxygens (including phenoxy) is 1. The van der Waals surface area contributed by atoms with E-state index in [0.717, 1.165) is 44.9 Å². The highest BCUT2D eigenvalue weighted by Crippen LogP contribution is 2.05. The summed E-state index contributed by atoms with van der Waals surface area (Å²) in [6.45, 7) is 7.35. The summed E-state index contributed by atoms with van der Waals surface area (Å²) < 4.78 is 5.25. The maximum Gasteiger partial charge on any atom is 0.234 e. The van der Waals surface area contributed by atoms with Crippen molar-refractivity contribution in [3.8, 4) is 0 Å². The van der Waals surface area contributed by atoms with Gasteiger partial charge in [0.1, 0.15) is 0 Å². The summed E-state index contributed by atoms with van der Waals surface area (Å²) in [5, 5.41) is 6.22. The number of amides is 1. The van der Waals surface area contributed by atoms with E-state index in [2.05, 4.69) is 24.5 Å². The number of nitrogens with one attached hydrogen (secondary N) is 2. The van der Waals surface area contributed by atoms with E-state index in [1.165, 1.54) is 6.42 Å². The molecule has 4 heteroatoms. The fourth-order valence-electron chi connectivity index (χ4n) is 1.96. The van der Waals surface area contributed by atoms with E-state index in [1.54, 1.807) is 0 Å². The van der Waals surface area contributed by atoms with Gasteiger partial charge in [-0.3, -0.25) is 4.79 Å². The molecule has 0 saturated carbocycles. The Balaban J connectivity index is 1.97. The van der Waals surface area contributed by atoms with Crippen LogP contribution in [-0.4, -0.2) is 38.3 Å². The van der Waals surface area contributed by atoms with Gasteiger partial charge >= 0.3 is 0 Å². The lowest BCUT2D eigenvalue weighted by molar-refractivity contribution is -0.121. The van der Waals surface area contributed by atoms with Crippen LogP contribution in [0.1, 0.15) is 39.5 Å². The molecule has 1 aliphatic rings. The van der Waals surface area contributed by atoms with E-state index >= 15 is 0 Å². The molecule has 0 aliphatic carbocycles. The lowest BCUT2D eigenvalue weighted by Gasteiger charge is -2.23. The first-order valence-corrected chi connectivity index (χ1v) is 6.76. The van der Waals surface area contributed by atoms with Gasteiger partial charge < -0.3 is 15.4 Å². The van der Waals surface area contributed by atoms with Crippen LogP contribution in [0.3, 0.4) is 0 Å². The second-order valence-corrected chi connectivity index (χ2v) is 5.17. The summed E-state index contributed by atoms with van der Waals surface area (Å²) in [7, 11) is 0. The van der Waals surface area contributed by atoms with Crippen LogP contribution < -0.4 is 10.6 Å². The summed E-state index contributed by atoms with van der Waals surface area (Å²) in [6, 6.07) is 0.314. The van der Waals surface area contributed by atoms with E-state index in [9.17, 15) is 4.79 Å². The molecular formula is C13H26N2O2. The molecule has 0 radical (unpaired) electrons. The third-order valence-corrected chi connectivity index (χ3v) is 3.01. The largest absolute Gasteiger partial charge is 0.381 e. The molecule has 0 bridgehead atoms. The summed E-state index contributed by atoms with van der Waals surface area (Å²) in [5.74, 6) is 0.856. The Kier molecular flexibility index (Phi) is 7.21. The van der Waals surface area contributed by atoms with Gasteiger partial charge in [-0.15, -0.1) is 0 Å². The normalized spacial score (nSPS) is 17.4. The van der Waals surface area contributed by atoms with E-state index < -0.39 is 0 Å². The predicted octanol–water partition coefficient (Wildman–Crippen LogP) is 1.31. The highest BCUT2D eigenvalue weighted by molar-refractivity contribution is 5.78. The molecule has 2 N–H and O–H groups in total. The molecule has 100 valence electrons. The molecular weight excluding hydrogens is 216 g/mol. The topological polar surface area (TPSA) is 50.4 Å². The molecule has 1 fully saturated rings. The molecule has 1 amide bonds. The first kappa shape index (κ1) is 14.5. The second-order valence-electron chi connectivity index (χ2n) is 5.17. The van der Waals surface area contributed by atoms with Crippen LogP contribution >= 0.6 is 0 Å². The minimum Gasteiger partial charge on any atom is -0.381 e. The summed E-state index contributed by atoms with van der Waals surface area (Å²) in [6.07, 6.45) is 4.25. The van der Waals surface area contributed by atoms with Gasteiger partial charge in [0, 0.05) is 19.3 Å². The van der Waals surface area contributed by atoms with Crippen molar-refractivity contribution in [3.63, 3.8) is 0 Å². The van der Waals surface area contributed by atoms with Crippen LogP contribution in [0, 0.1) is 5.92 Å². The van der Waals surface area contributed by atoms with E-state index in [1.807, 2.05) is 0 Å². The van der Waals surface area contributed by atoms with E-state index in [0.29, 0.717) is 12.6 Å². The minimum absolute atomic E-state index is 0.112.